The van der Waals surface area contributed by atoms with Gasteiger partial charge >= 0.3 is 18.0 Å². The van der Waals surface area contributed by atoms with Crippen LogP contribution in [-0.4, -0.2) is 42.8 Å². The van der Waals surface area contributed by atoms with Crippen LogP contribution in [0.15, 0.2) is 0 Å². The number of amides is 2. The Bertz CT molecular complexity index is 331. The van der Waals surface area contributed by atoms with E-state index < -0.39 is 23.9 Å². The predicted octanol–water partition coefficient (Wildman–Crippen LogP) is 0.102. The van der Waals surface area contributed by atoms with Crippen LogP contribution in [0.4, 0.5) is 4.79 Å². The number of urea groups is 1. The molecule has 0 heterocycles. The summed E-state index contributed by atoms with van der Waals surface area (Å²) in [6.07, 6.45) is 2.62. The molecule has 1 aliphatic carbocycles. The van der Waals surface area contributed by atoms with Crippen molar-refractivity contribution in [2.24, 2.45) is 5.92 Å². The van der Waals surface area contributed by atoms with Gasteiger partial charge in [-0.2, -0.15) is 0 Å². The van der Waals surface area contributed by atoms with Gasteiger partial charge in [-0.3, -0.25) is 9.59 Å². The maximum absolute atomic E-state index is 11.4. The molecule has 1 aliphatic rings. The van der Waals surface area contributed by atoms with Gasteiger partial charge in [-0.25, -0.2) is 4.79 Å². The highest BCUT2D eigenvalue weighted by Gasteiger charge is 2.27. The van der Waals surface area contributed by atoms with E-state index in [4.69, 9.17) is 5.11 Å². The summed E-state index contributed by atoms with van der Waals surface area (Å²) >= 11 is 0. The molecule has 1 rings (SSSR count). The van der Waals surface area contributed by atoms with E-state index in [1.807, 2.05) is 0 Å². The van der Waals surface area contributed by atoms with Gasteiger partial charge in [-0.05, 0) is 19.3 Å². The smallest absolute Gasteiger partial charge is 0.325 e. The summed E-state index contributed by atoms with van der Waals surface area (Å²) < 4.78 is 4.38. The molecule has 0 aromatic carbocycles. The number of carboxylic acid groups (broad SMARTS) is 1. The standard InChI is InChI=1S/C11H18N2O5/c1-18-9(14)6-12-11(17)13-8-4-2-3-7(5-8)10(15)16/h7-8H,2-6H2,1H3,(H,15,16)(H2,12,13,17). The molecule has 0 aromatic rings. The van der Waals surface area contributed by atoms with Gasteiger partial charge in [0.2, 0.25) is 0 Å². The van der Waals surface area contributed by atoms with Gasteiger partial charge in [0, 0.05) is 6.04 Å². The molecule has 7 heteroatoms. The van der Waals surface area contributed by atoms with E-state index in [-0.39, 0.29) is 12.6 Å². The third-order valence-corrected chi connectivity index (χ3v) is 2.98. The van der Waals surface area contributed by atoms with Crippen LogP contribution in [0.5, 0.6) is 0 Å². The third-order valence-electron chi connectivity index (χ3n) is 2.98. The Morgan fingerprint density at radius 3 is 2.67 bits per heavy atom. The Morgan fingerprint density at radius 2 is 2.06 bits per heavy atom. The van der Waals surface area contributed by atoms with Crippen LogP contribution in [0, 0.1) is 5.92 Å². The number of hydrogen-bond acceptors (Lipinski definition) is 4. The lowest BCUT2D eigenvalue weighted by Gasteiger charge is -2.27. The maximum Gasteiger partial charge on any atom is 0.325 e. The molecule has 1 saturated carbocycles. The third kappa shape index (κ3) is 4.60. The van der Waals surface area contributed by atoms with E-state index in [2.05, 4.69) is 15.4 Å². The first-order valence-electron chi connectivity index (χ1n) is 5.87. The van der Waals surface area contributed by atoms with E-state index in [9.17, 15) is 14.4 Å². The highest BCUT2D eigenvalue weighted by molar-refractivity contribution is 5.80. The molecule has 7 nitrogen and oxygen atoms in total. The lowest BCUT2D eigenvalue weighted by Crippen LogP contribution is -2.46. The number of nitrogens with one attached hydrogen (secondary N) is 2. The SMILES string of the molecule is COC(=O)CNC(=O)NC1CCCC(C(=O)O)C1. The normalized spacial score (nSPS) is 22.9. The molecule has 18 heavy (non-hydrogen) atoms. The lowest BCUT2D eigenvalue weighted by molar-refractivity contribution is -0.143. The second-order valence-electron chi connectivity index (χ2n) is 4.30. The van der Waals surface area contributed by atoms with Gasteiger partial charge in [0.05, 0.1) is 13.0 Å². The molecule has 0 aromatic heterocycles. The van der Waals surface area contributed by atoms with Gasteiger partial charge in [-0.1, -0.05) is 6.42 Å². The highest BCUT2D eigenvalue weighted by Crippen LogP contribution is 2.24. The summed E-state index contributed by atoms with van der Waals surface area (Å²) in [4.78, 5) is 33.1. The van der Waals surface area contributed by atoms with Gasteiger partial charge < -0.3 is 20.5 Å². The average Bonchev–Trinajstić information content (AvgIpc) is 2.36. The maximum atomic E-state index is 11.4. The van der Waals surface area contributed by atoms with E-state index in [0.717, 1.165) is 12.8 Å². The zero-order valence-electron chi connectivity index (χ0n) is 10.3. The topological polar surface area (TPSA) is 105 Å². The Morgan fingerprint density at radius 1 is 1.33 bits per heavy atom. The first kappa shape index (κ1) is 14.3. The van der Waals surface area contributed by atoms with E-state index in [1.165, 1.54) is 7.11 Å². The van der Waals surface area contributed by atoms with Crippen molar-refractivity contribution in [1.29, 1.82) is 0 Å². The number of aliphatic carboxylic acids is 1. The van der Waals surface area contributed by atoms with Gasteiger partial charge in [0.1, 0.15) is 6.54 Å². The summed E-state index contributed by atoms with van der Waals surface area (Å²) in [5.74, 6) is -1.75. The molecular weight excluding hydrogens is 240 g/mol. The van der Waals surface area contributed by atoms with Gasteiger partial charge in [0.25, 0.3) is 0 Å². The number of methoxy groups -OCH3 is 1. The quantitative estimate of drug-likeness (QED) is 0.620. The fourth-order valence-corrected chi connectivity index (χ4v) is 2.01. The zero-order valence-corrected chi connectivity index (χ0v) is 10.3. The highest BCUT2D eigenvalue weighted by atomic mass is 16.5. The molecule has 102 valence electrons. The minimum atomic E-state index is -0.823. The van der Waals surface area contributed by atoms with Gasteiger partial charge in [-0.15, -0.1) is 0 Å². The largest absolute Gasteiger partial charge is 0.481 e. The molecule has 2 amide bonds. The molecule has 1 fully saturated rings. The summed E-state index contributed by atoms with van der Waals surface area (Å²) in [6, 6.07) is -0.631. The molecular formula is C11H18N2O5. The zero-order chi connectivity index (χ0) is 13.5. The fraction of sp³-hybridized carbons (Fsp3) is 0.727. The van der Waals surface area contributed by atoms with Crippen molar-refractivity contribution in [3.63, 3.8) is 0 Å². The van der Waals surface area contributed by atoms with E-state index in [1.54, 1.807) is 0 Å². The minimum absolute atomic E-state index is 0.155. The summed E-state index contributed by atoms with van der Waals surface area (Å²) in [5.41, 5.74) is 0. The number of rotatable bonds is 4. The second kappa shape index (κ2) is 6.83. The van der Waals surface area contributed by atoms with Crippen molar-refractivity contribution in [3.05, 3.63) is 0 Å². The summed E-state index contributed by atoms with van der Waals surface area (Å²) in [6.45, 7) is -0.197. The van der Waals surface area contributed by atoms with Crippen molar-refractivity contribution in [3.8, 4) is 0 Å². The number of ether oxygens (including phenoxy) is 1. The van der Waals surface area contributed by atoms with Crippen LogP contribution in [-0.2, 0) is 14.3 Å². The second-order valence-corrected chi connectivity index (χ2v) is 4.30. The van der Waals surface area contributed by atoms with Crippen LogP contribution in [0.2, 0.25) is 0 Å². The van der Waals surface area contributed by atoms with E-state index >= 15 is 0 Å². The van der Waals surface area contributed by atoms with Crippen LogP contribution in [0.3, 0.4) is 0 Å². The Balaban J connectivity index is 2.31. The monoisotopic (exact) mass is 258 g/mol. The Labute approximate surface area is 105 Å². The molecule has 0 aliphatic heterocycles. The molecule has 0 radical (unpaired) electrons. The van der Waals surface area contributed by atoms with Crippen LogP contribution < -0.4 is 10.6 Å². The van der Waals surface area contributed by atoms with Crippen LogP contribution in [0.25, 0.3) is 0 Å². The van der Waals surface area contributed by atoms with Crippen molar-refractivity contribution >= 4 is 18.0 Å². The van der Waals surface area contributed by atoms with Crippen molar-refractivity contribution in [2.75, 3.05) is 13.7 Å². The van der Waals surface area contributed by atoms with Crippen molar-refractivity contribution < 1.29 is 24.2 Å². The number of carboxylic acids is 1. The lowest BCUT2D eigenvalue weighted by atomic mass is 9.86. The molecule has 2 atom stereocenters. The van der Waals surface area contributed by atoms with Crippen molar-refractivity contribution in [1.82, 2.24) is 10.6 Å². The number of carbonyl (C=O) groups is 3. The fourth-order valence-electron chi connectivity index (χ4n) is 2.01. The molecule has 0 saturated heterocycles. The van der Waals surface area contributed by atoms with Crippen LogP contribution >= 0.6 is 0 Å². The van der Waals surface area contributed by atoms with Crippen molar-refractivity contribution in [2.45, 2.75) is 31.7 Å². The predicted molar refractivity (Wildman–Crippen MR) is 61.9 cm³/mol. The molecule has 0 bridgehead atoms. The summed E-state index contributed by atoms with van der Waals surface area (Å²) in [5, 5.41) is 13.9. The number of hydrogen-bond donors (Lipinski definition) is 3. The average molecular weight is 258 g/mol. The summed E-state index contributed by atoms with van der Waals surface area (Å²) in [7, 11) is 1.24. The molecule has 0 spiro atoms. The first-order valence-corrected chi connectivity index (χ1v) is 5.87. The first-order chi connectivity index (χ1) is 8.52. The number of carbonyl (C=O) groups excluding carboxylic acids is 2. The van der Waals surface area contributed by atoms with Crippen LogP contribution in [0.1, 0.15) is 25.7 Å². The Hall–Kier alpha value is -1.79. The molecule has 3 N–H and O–H groups in total. The van der Waals surface area contributed by atoms with Gasteiger partial charge in [0.15, 0.2) is 0 Å². The minimum Gasteiger partial charge on any atom is -0.481 e. The Kier molecular flexibility index (Phi) is 5.41. The number of esters is 1. The van der Waals surface area contributed by atoms with E-state index in [0.29, 0.717) is 12.8 Å². The molecule has 2 unspecified atom stereocenters.